The van der Waals surface area contributed by atoms with Crippen molar-refractivity contribution < 1.29 is 9.53 Å². The fraction of sp³-hybridized carbons (Fsp3) is 0.800. The monoisotopic (exact) mass is 130 g/mol. The number of urea groups is 1. The lowest BCUT2D eigenvalue weighted by Gasteiger charge is -1.98. The quantitative estimate of drug-likeness (QED) is 0.486. The molecule has 0 radical (unpaired) electrons. The van der Waals surface area contributed by atoms with Crippen LogP contribution >= 0.6 is 0 Å². The lowest BCUT2D eigenvalue weighted by Crippen LogP contribution is -2.35. The zero-order valence-electron chi connectivity index (χ0n) is 5.31. The van der Waals surface area contributed by atoms with Crippen LogP contribution in [0.3, 0.4) is 0 Å². The number of rotatable bonds is 2. The minimum absolute atomic E-state index is 0.148. The normalized spacial score (nSPS) is 23.0. The smallest absolute Gasteiger partial charge is 0.314 e. The van der Waals surface area contributed by atoms with Crippen LogP contribution < -0.4 is 10.6 Å². The number of hydrogen-bond acceptors (Lipinski definition) is 2. The van der Waals surface area contributed by atoms with Crippen LogP contribution in [-0.4, -0.2) is 32.3 Å². The third-order valence-electron chi connectivity index (χ3n) is 1.12. The van der Waals surface area contributed by atoms with Crippen LogP contribution in [0.5, 0.6) is 0 Å². The zero-order chi connectivity index (χ0) is 6.69. The first kappa shape index (κ1) is 6.35. The summed E-state index contributed by atoms with van der Waals surface area (Å²) in [6, 6.07) is -0.148. The standard InChI is InChI=1S/C5H10N2O2/c1-6-5(8)7-2-4-3-9-4/h4H,2-3H2,1H3,(H2,6,7,8). The van der Waals surface area contributed by atoms with E-state index in [9.17, 15) is 4.79 Å². The fourth-order valence-corrected chi connectivity index (χ4v) is 0.481. The highest BCUT2D eigenvalue weighted by atomic mass is 16.6. The predicted octanol–water partition coefficient (Wildman–Crippen LogP) is -0.686. The molecule has 0 aromatic heterocycles. The number of epoxide rings is 1. The number of carbonyl (C=O) groups is 1. The van der Waals surface area contributed by atoms with Crippen molar-refractivity contribution in [1.29, 1.82) is 0 Å². The summed E-state index contributed by atoms with van der Waals surface area (Å²) in [7, 11) is 1.59. The lowest BCUT2D eigenvalue weighted by molar-refractivity contribution is 0.241. The molecule has 0 bridgehead atoms. The average molecular weight is 130 g/mol. The molecule has 0 spiro atoms. The third kappa shape index (κ3) is 2.32. The van der Waals surface area contributed by atoms with Gasteiger partial charge in [-0.1, -0.05) is 0 Å². The van der Waals surface area contributed by atoms with Crippen molar-refractivity contribution >= 4 is 6.03 Å². The van der Waals surface area contributed by atoms with Crippen LogP contribution in [0.2, 0.25) is 0 Å². The Bertz CT molecular complexity index is 112. The Morgan fingerprint density at radius 3 is 3.00 bits per heavy atom. The molecule has 4 heteroatoms. The first-order chi connectivity index (χ1) is 4.33. The maximum atomic E-state index is 10.5. The molecule has 1 fully saturated rings. The Hall–Kier alpha value is -0.770. The van der Waals surface area contributed by atoms with Crippen molar-refractivity contribution in [3.8, 4) is 0 Å². The molecule has 2 N–H and O–H groups in total. The zero-order valence-corrected chi connectivity index (χ0v) is 5.31. The second-order valence-electron chi connectivity index (χ2n) is 1.92. The summed E-state index contributed by atoms with van der Waals surface area (Å²) >= 11 is 0. The molecule has 1 aliphatic rings. The van der Waals surface area contributed by atoms with E-state index in [0.29, 0.717) is 6.54 Å². The number of amides is 2. The second kappa shape index (κ2) is 2.68. The van der Waals surface area contributed by atoms with Crippen LogP contribution in [0.4, 0.5) is 4.79 Å². The van der Waals surface area contributed by atoms with Gasteiger partial charge in [-0.2, -0.15) is 0 Å². The van der Waals surface area contributed by atoms with E-state index >= 15 is 0 Å². The molecule has 1 saturated heterocycles. The Morgan fingerprint density at radius 2 is 2.56 bits per heavy atom. The van der Waals surface area contributed by atoms with Crippen molar-refractivity contribution in [1.82, 2.24) is 10.6 Å². The highest BCUT2D eigenvalue weighted by molar-refractivity contribution is 5.73. The van der Waals surface area contributed by atoms with Crippen LogP contribution in [0, 0.1) is 0 Å². The Labute approximate surface area is 53.6 Å². The van der Waals surface area contributed by atoms with Crippen molar-refractivity contribution in [3.63, 3.8) is 0 Å². The molecular formula is C5H10N2O2. The summed E-state index contributed by atoms with van der Waals surface area (Å²) in [5, 5.41) is 5.06. The van der Waals surface area contributed by atoms with E-state index in [0.717, 1.165) is 6.61 Å². The summed E-state index contributed by atoms with van der Waals surface area (Å²) in [5.41, 5.74) is 0. The van der Waals surface area contributed by atoms with Gasteiger partial charge in [0.25, 0.3) is 0 Å². The molecule has 4 nitrogen and oxygen atoms in total. The fourth-order valence-electron chi connectivity index (χ4n) is 0.481. The predicted molar refractivity (Wildman–Crippen MR) is 32.2 cm³/mol. The lowest BCUT2D eigenvalue weighted by atomic mass is 10.5. The molecule has 0 aliphatic carbocycles. The molecule has 0 saturated carbocycles. The number of hydrogen-bond donors (Lipinski definition) is 2. The molecule has 0 aromatic rings. The maximum absolute atomic E-state index is 10.5. The van der Waals surface area contributed by atoms with Crippen LogP contribution in [-0.2, 0) is 4.74 Å². The van der Waals surface area contributed by atoms with Crippen molar-refractivity contribution in [3.05, 3.63) is 0 Å². The first-order valence-corrected chi connectivity index (χ1v) is 2.90. The molecule has 1 heterocycles. The number of carbonyl (C=O) groups excluding carboxylic acids is 1. The van der Waals surface area contributed by atoms with Crippen molar-refractivity contribution in [2.24, 2.45) is 0 Å². The van der Waals surface area contributed by atoms with Crippen LogP contribution in [0.1, 0.15) is 0 Å². The van der Waals surface area contributed by atoms with Gasteiger partial charge in [-0.05, 0) is 0 Å². The van der Waals surface area contributed by atoms with E-state index in [1.165, 1.54) is 0 Å². The summed E-state index contributed by atoms with van der Waals surface area (Å²) in [6.07, 6.45) is 0.266. The summed E-state index contributed by atoms with van der Waals surface area (Å²) < 4.78 is 4.86. The topological polar surface area (TPSA) is 53.7 Å². The highest BCUT2D eigenvalue weighted by Crippen LogP contribution is 2.05. The third-order valence-corrected chi connectivity index (χ3v) is 1.12. The molecule has 2 amide bonds. The molecule has 9 heavy (non-hydrogen) atoms. The largest absolute Gasteiger partial charge is 0.371 e. The molecule has 1 aliphatic heterocycles. The van der Waals surface area contributed by atoms with Crippen LogP contribution in [0.25, 0.3) is 0 Å². The minimum atomic E-state index is -0.148. The van der Waals surface area contributed by atoms with E-state index < -0.39 is 0 Å². The van der Waals surface area contributed by atoms with Gasteiger partial charge in [-0.15, -0.1) is 0 Å². The molecule has 0 aromatic carbocycles. The first-order valence-electron chi connectivity index (χ1n) is 2.90. The van der Waals surface area contributed by atoms with Gasteiger partial charge in [0.1, 0.15) is 0 Å². The minimum Gasteiger partial charge on any atom is -0.371 e. The van der Waals surface area contributed by atoms with Crippen molar-refractivity contribution in [2.45, 2.75) is 6.10 Å². The van der Waals surface area contributed by atoms with E-state index in [1.807, 2.05) is 0 Å². The Morgan fingerprint density at radius 1 is 1.89 bits per heavy atom. The van der Waals surface area contributed by atoms with Gasteiger partial charge in [0.15, 0.2) is 0 Å². The molecule has 1 atom stereocenters. The van der Waals surface area contributed by atoms with Gasteiger partial charge < -0.3 is 15.4 Å². The molecule has 52 valence electrons. The highest BCUT2D eigenvalue weighted by Gasteiger charge is 2.22. The molecule has 1 unspecified atom stereocenters. The van der Waals surface area contributed by atoms with Crippen molar-refractivity contribution in [2.75, 3.05) is 20.2 Å². The maximum Gasteiger partial charge on any atom is 0.314 e. The molecular weight excluding hydrogens is 120 g/mol. The Balaban J connectivity index is 1.96. The summed E-state index contributed by atoms with van der Waals surface area (Å²) in [5.74, 6) is 0. The van der Waals surface area contributed by atoms with E-state index in [2.05, 4.69) is 10.6 Å². The van der Waals surface area contributed by atoms with Gasteiger partial charge in [0, 0.05) is 13.6 Å². The summed E-state index contributed by atoms with van der Waals surface area (Å²) in [4.78, 5) is 10.5. The average Bonchev–Trinajstić information content (AvgIpc) is 2.65. The molecule has 1 rings (SSSR count). The second-order valence-corrected chi connectivity index (χ2v) is 1.92. The van der Waals surface area contributed by atoms with Gasteiger partial charge in [0.05, 0.1) is 12.7 Å². The van der Waals surface area contributed by atoms with Crippen LogP contribution in [0.15, 0.2) is 0 Å². The Kier molecular flexibility index (Phi) is 1.89. The SMILES string of the molecule is CNC(=O)NCC1CO1. The summed E-state index contributed by atoms with van der Waals surface area (Å²) in [6.45, 7) is 1.41. The van der Waals surface area contributed by atoms with Gasteiger partial charge in [0.2, 0.25) is 0 Å². The van der Waals surface area contributed by atoms with E-state index in [1.54, 1.807) is 7.05 Å². The van der Waals surface area contributed by atoms with Gasteiger partial charge in [-0.3, -0.25) is 0 Å². The number of nitrogens with one attached hydrogen (secondary N) is 2. The van der Waals surface area contributed by atoms with Gasteiger partial charge >= 0.3 is 6.03 Å². The number of ether oxygens (including phenoxy) is 1. The van der Waals surface area contributed by atoms with Gasteiger partial charge in [-0.25, -0.2) is 4.79 Å². The van der Waals surface area contributed by atoms with E-state index in [-0.39, 0.29) is 12.1 Å². The van der Waals surface area contributed by atoms with E-state index in [4.69, 9.17) is 4.74 Å².